The van der Waals surface area contributed by atoms with Gasteiger partial charge in [-0.15, -0.1) is 0 Å². The molecule has 1 unspecified atom stereocenters. The van der Waals surface area contributed by atoms with Gasteiger partial charge >= 0.3 is 0 Å². The van der Waals surface area contributed by atoms with Crippen LogP contribution in [0.15, 0.2) is 18.2 Å². The smallest absolute Gasteiger partial charge is 0.0133 e. The molecule has 0 fully saturated rings. The van der Waals surface area contributed by atoms with E-state index in [2.05, 4.69) is 61.6 Å². The summed E-state index contributed by atoms with van der Waals surface area (Å²) in [4.78, 5) is 0. The zero-order valence-electron chi connectivity index (χ0n) is 9.31. The average Bonchev–Trinajstić information content (AvgIpc) is 2.14. The SMILES string of the molecule is CCCCC(C)c1ccc(I)cc1C. The van der Waals surface area contributed by atoms with Gasteiger partial charge in [0, 0.05) is 3.57 Å². The van der Waals surface area contributed by atoms with Gasteiger partial charge in [-0.3, -0.25) is 0 Å². The van der Waals surface area contributed by atoms with Crippen LogP contribution in [0.4, 0.5) is 0 Å². The fraction of sp³-hybridized carbons (Fsp3) is 0.538. The van der Waals surface area contributed by atoms with Crippen LogP contribution in [0.3, 0.4) is 0 Å². The Labute approximate surface area is 101 Å². The molecule has 1 heteroatoms. The molecule has 0 saturated carbocycles. The number of hydrogen-bond donors (Lipinski definition) is 0. The van der Waals surface area contributed by atoms with Gasteiger partial charge in [-0.2, -0.15) is 0 Å². The lowest BCUT2D eigenvalue weighted by Gasteiger charge is -2.14. The monoisotopic (exact) mass is 302 g/mol. The molecule has 14 heavy (non-hydrogen) atoms. The summed E-state index contributed by atoms with van der Waals surface area (Å²) in [5, 5.41) is 0. The molecule has 0 aliphatic carbocycles. The third-order valence-corrected chi connectivity index (χ3v) is 3.42. The largest absolute Gasteiger partial charge is 0.0654 e. The van der Waals surface area contributed by atoms with Crippen LogP contribution in [0.25, 0.3) is 0 Å². The maximum absolute atomic E-state index is 2.37. The molecule has 1 aromatic carbocycles. The lowest BCUT2D eigenvalue weighted by atomic mass is 9.92. The Morgan fingerprint density at radius 2 is 2.07 bits per heavy atom. The standard InChI is InChI=1S/C13H19I/c1-4-5-6-10(2)13-8-7-12(14)9-11(13)3/h7-10H,4-6H2,1-3H3. The minimum atomic E-state index is 0.715. The fourth-order valence-corrected chi connectivity index (χ4v) is 2.50. The first-order valence-electron chi connectivity index (χ1n) is 5.41. The number of halogens is 1. The third kappa shape index (κ3) is 3.26. The van der Waals surface area contributed by atoms with Crippen molar-refractivity contribution in [1.82, 2.24) is 0 Å². The first-order valence-corrected chi connectivity index (χ1v) is 6.49. The molecule has 1 atom stereocenters. The van der Waals surface area contributed by atoms with Gasteiger partial charge in [-0.05, 0) is 65.1 Å². The molecular formula is C13H19I. The van der Waals surface area contributed by atoms with Gasteiger partial charge in [0.1, 0.15) is 0 Å². The van der Waals surface area contributed by atoms with Gasteiger partial charge in [0.15, 0.2) is 0 Å². The molecule has 0 saturated heterocycles. The lowest BCUT2D eigenvalue weighted by molar-refractivity contribution is 0.622. The van der Waals surface area contributed by atoms with E-state index in [1.165, 1.54) is 34.0 Å². The predicted molar refractivity (Wildman–Crippen MR) is 71.8 cm³/mol. The molecule has 0 spiro atoms. The predicted octanol–water partition coefficient (Wildman–Crippen LogP) is 4.89. The fourth-order valence-electron chi connectivity index (χ4n) is 1.86. The molecule has 0 aliphatic rings. The molecule has 0 aliphatic heterocycles. The first kappa shape index (κ1) is 12.0. The Bertz CT molecular complexity index is 291. The number of hydrogen-bond acceptors (Lipinski definition) is 0. The van der Waals surface area contributed by atoms with Crippen molar-refractivity contribution >= 4 is 22.6 Å². The van der Waals surface area contributed by atoms with E-state index in [1.807, 2.05) is 0 Å². The van der Waals surface area contributed by atoms with Crippen molar-refractivity contribution < 1.29 is 0 Å². The molecule has 0 amide bonds. The van der Waals surface area contributed by atoms with Gasteiger partial charge in [-0.1, -0.05) is 32.8 Å². The van der Waals surface area contributed by atoms with E-state index < -0.39 is 0 Å². The molecular weight excluding hydrogens is 283 g/mol. The topological polar surface area (TPSA) is 0 Å². The number of rotatable bonds is 4. The summed E-state index contributed by atoms with van der Waals surface area (Å²) < 4.78 is 1.34. The molecule has 0 aromatic heterocycles. The van der Waals surface area contributed by atoms with Crippen LogP contribution in [-0.4, -0.2) is 0 Å². The van der Waals surface area contributed by atoms with E-state index in [1.54, 1.807) is 0 Å². The van der Waals surface area contributed by atoms with E-state index in [0.29, 0.717) is 5.92 Å². The summed E-state index contributed by atoms with van der Waals surface area (Å²) in [6, 6.07) is 6.78. The summed E-state index contributed by atoms with van der Waals surface area (Å²) in [7, 11) is 0. The molecule has 1 aromatic rings. The lowest BCUT2D eigenvalue weighted by Crippen LogP contribution is -1.97. The summed E-state index contributed by atoms with van der Waals surface area (Å²) in [6.45, 7) is 6.82. The number of aryl methyl sites for hydroxylation is 1. The second kappa shape index (κ2) is 5.74. The van der Waals surface area contributed by atoms with E-state index in [0.717, 1.165) is 0 Å². The summed E-state index contributed by atoms with van der Waals surface area (Å²) in [5.74, 6) is 0.715. The third-order valence-electron chi connectivity index (χ3n) is 2.75. The van der Waals surface area contributed by atoms with Gasteiger partial charge < -0.3 is 0 Å². The number of unbranched alkanes of at least 4 members (excludes halogenated alkanes) is 1. The second-order valence-electron chi connectivity index (χ2n) is 4.04. The van der Waals surface area contributed by atoms with Crippen LogP contribution in [-0.2, 0) is 0 Å². The summed E-state index contributed by atoms with van der Waals surface area (Å²) >= 11 is 2.37. The van der Waals surface area contributed by atoms with Crippen LogP contribution in [0.2, 0.25) is 0 Å². The zero-order chi connectivity index (χ0) is 10.6. The highest BCUT2D eigenvalue weighted by molar-refractivity contribution is 14.1. The van der Waals surface area contributed by atoms with Gasteiger partial charge in [0.25, 0.3) is 0 Å². The quantitative estimate of drug-likeness (QED) is 0.694. The van der Waals surface area contributed by atoms with Crippen molar-refractivity contribution in [2.24, 2.45) is 0 Å². The molecule has 0 bridgehead atoms. The van der Waals surface area contributed by atoms with E-state index in [-0.39, 0.29) is 0 Å². The Hall–Kier alpha value is -0.0500. The molecule has 1 rings (SSSR count). The first-order chi connectivity index (χ1) is 6.65. The van der Waals surface area contributed by atoms with Crippen LogP contribution in [0, 0.1) is 10.5 Å². The molecule has 0 nitrogen and oxygen atoms in total. The summed E-state index contributed by atoms with van der Waals surface area (Å²) in [6.07, 6.45) is 3.96. The van der Waals surface area contributed by atoms with Crippen LogP contribution >= 0.6 is 22.6 Å². The van der Waals surface area contributed by atoms with Crippen molar-refractivity contribution in [1.29, 1.82) is 0 Å². The zero-order valence-corrected chi connectivity index (χ0v) is 11.5. The van der Waals surface area contributed by atoms with E-state index in [4.69, 9.17) is 0 Å². The highest BCUT2D eigenvalue weighted by atomic mass is 127. The maximum atomic E-state index is 2.37. The minimum absolute atomic E-state index is 0.715. The van der Waals surface area contributed by atoms with Crippen molar-refractivity contribution in [2.45, 2.75) is 46.0 Å². The molecule has 0 radical (unpaired) electrons. The molecule has 78 valence electrons. The normalized spacial score (nSPS) is 12.9. The van der Waals surface area contributed by atoms with E-state index in [9.17, 15) is 0 Å². The Morgan fingerprint density at radius 3 is 2.64 bits per heavy atom. The van der Waals surface area contributed by atoms with E-state index >= 15 is 0 Å². The van der Waals surface area contributed by atoms with Crippen LogP contribution in [0.1, 0.15) is 50.2 Å². The summed E-state index contributed by atoms with van der Waals surface area (Å²) in [5.41, 5.74) is 2.97. The second-order valence-corrected chi connectivity index (χ2v) is 5.29. The van der Waals surface area contributed by atoms with Gasteiger partial charge in [0.2, 0.25) is 0 Å². The van der Waals surface area contributed by atoms with Crippen LogP contribution in [0.5, 0.6) is 0 Å². The molecule has 0 N–H and O–H groups in total. The molecule has 0 heterocycles. The Morgan fingerprint density at radius 1 is 1.36 bits per heavy atom. The minimum Gasteiger partial charge on any atom is -0.0654 e. The highest BCUT2D eigenvalue weighted by Crippen LogP contribution is 2.25. The number of benzene rings is 1. The van der Waals surface area contributed by atoms with Crippen LogP contribution < -0.4 is 0 Å². The van der Waals surface area contributed by atoms with Crippen molar-refractivity contribution in [3.8, 4) is 0 Å². The Kier molecular flexibility index (Phi) is 4.93. The van der Waals surface area contributed by atoms with Crippen molar-refractivity contribution in [3.05, 3.63) is 32.9 Å². The average molecular weight is 302 g/mol. The Balaban J connectivity index is 2.74. The van der Waals surface area contributed by atoms with Crippen molar-refractivity contribution in [2.75, 3.05) is 0 Å². The maximum Gasteiger partial charge on any atom is 0.0133 e. The van der Waals surface area contributed by atoms with Gasteiger partial charge in [0.05, 0.1) is 0 Å². The van der Waals surface area contributed by atoms with Gasteiger partial charge in [-0.25, -0.2) is 0 Å². The highest BCUT2D eigenvalue weighted by Gasteiger charge is 2.07. The van der Waals surface area contributed by atoms with Crippen molar-refractivity contribution in [3.63, 3.8) is 0 Å².